The molecule has 2 heterocycles. The molecule has 1 fully saturated rings. The van der Waals surface area contributed by atoms with Crippen molar-refractivity contribution in [1.82, 2.24) is 10.2 Å². The summed E-state index contributed by atoms with van der Waals surface area (Å²) in [6.07, 6.45) is 1.01. The zero-order valence-corrected chi connectivity index (χ0v) is 18.6. The summed E-state index contributed by atoms with van der Waals surface area (Å²) >= 11 is 0. The summed E-state index contributed by atoms with van der Waals surface area (Å²) in [6.45, 7) is 5.37. The van der Waals surface area contributed by atoms with E-state index in [9.17, 15) is 4.79 Å². The average Bonchev–Trinajstić information content (AvgIpc) is 3.18. The summed E-state index contributed by atoms with van der Waals surface area (Å²) in [5.41, 5.74) is 3.60. The van der Waals surface area contributed by atoms with E-state index in [0.29, 0.717) is 11.9 Å². The van der Waals surface area contributed by atoms with E-state index in [1.807, 2.05) is 37.3 Å². The maximum absolute atomic E-state index is 12.7. The maximum atomic E-state index is 12.7. The van der Waals surface area contributed by atoms with Gasteiger partial charge in [-0.25, -0.2) is 4.79 Å². The number of fused-ring (bicyclic) bond motifs is 4. The number of ether oxygens (including phenoxy) is 1. The molecule has 160 valence electrons. The molecule has 5 heteroatoms. The van der Waals surface area contributed by atoms with Crippen molar-refractivity contribution < 1.29 is 9.53 Å². The lowest BCUT2D eigenvalue weighted by atomic mass is 9.81. The lowest BCUT2D eigenvalue weighted by Crippen LogP contribution is -2.45. The standard InChI is InChI=1S/C26H29N3O2/c1-17(20-11-7-9-18-8-5-6-10-21(18)20)27-25(30)31-19-12-13-23-22(16-19)26(2)14-15-28(3)24(26)29(23)4/h5-13,16-17,24H,14-15H2,1-4H3,(H,27,30)/t17?,24-,26+/m1/s1. The Morgan fingerprint density at radius 2 is 1.90 bits per heavy atom. The number of benzene rings is 3. The number of anilines is 1. The fourth-order valence-corrected chi connectivity index (χ4v) is 5.64. The first-order chi connectivity index (χ1) is 14.9. The van der Waals surface area contributed by atoms with Gasteiger partial charge in [-0.3, -0.25) is 4.90 Å². The van der Waals surface area contributed by atoms with Gasteiger partial charge < -0.3 is 15.0 Å². The van der Waals surface area contributed by atoms with Crippen LogP contribution in [0.1, 0.15) is 37.4 Å². The van der Waals surface area contributed by atoms with Gasteiger partial charge in [0.2, 0.25) is 0 Å². The number of carbonyl (C=O) groups excluding carboxylic acids is 1. The summed E-state index contributed by atoms with van der Waals surface area (Å²) < 4.78 is 5.72. The minimum Gasteiger partial charge on any atom is -0.410 e. The summed E-state index contributed by atoms with van der Waals surface area (Å²) in [7, 11) is 4.33. The van der Waals surface area contributed by atoms with Crippen molar-refractivity contribution >= 4 is 22.6 Å². The summed E-state index contributed by atoms with van der Waals surface area (Å²) in [6, 6.07) is 20.2. The number of nitrogens with zero attached hydrogens (tertiary/aromatic N) is 2. The molecule has 1 amide bonds. The van der Waals surface area contributed by atoms with Crippen LogP contribution in [0.2, 0.25) is 0 Å². The van der Waals surface area contributed by atoms with Crippen LogP contribution in [0.3, 0.4) is 0 Å². The van der Waals surface area contributed by atoms with E-state index >= 15 is 0 Å². The van der Waals surface area contributed by atoms with Crippen LogP contribution in [0.4, 0.5) is 10.5 Å². The number of hydrogen-bond acceptors (Lipinski definition) is 4. The SMILES string of the molecule is CC(NC(=O)Oc1ccc2c(c1)[C@]1(C)CCN(C)[C@@H]1N2C)c1cccc2ccccc12. The van der Waals surface area contributed by atoms with Crippen molar-refractivity contribution in [2.24, 2.45) is 0 Å². The first-order valence-electron chi connectivity index (χ1n) is 10.9. The smallest absolute Gasteiger partial charge is 0.410 e. The minimum atomic E-state index is -0.433. The number of hydrogen-bond donors (Lipinski definition) is 1. The second-order valence-electron chi connectivity index (χ2n) is 9.14. The molecule has 0 aromatic heterocycles. The summed E-state index contributed by atoms with van der Waals surface area (Å²) in [5.74, 6) is 0.589. The molecule has 31 heavy (non-hydrogen) atoms. The average molecular weight is 416 g/mol. The van der Waals surface area contributed by atoms with Crippen LogP contribution < -0.4 is 15.0 Å². The van der Waals surface area contributed by atoms with E-state index in [0.717, 1.165) is 29.3 Å². The molecule has 1 saturated heterocycles. The van der Waals surface area contributed by atoms with Crippen LogP contribution in [-0.2, 0) is 5.41 Å². The van der Waals surface area contributed by atoms with Gasteiger partial charge in [0.1, 0.15) is 5.75 Å². The molecule has 0 bridgehead atoms. The second-order valence-corrected chi connectivity index (χ2v) is 9.14. The van der Waals surface area contributed by atoms with Crippen molar-refractivity contribution in [2.75, 3.05) is 25.5 Å². The van der Waals surface area contributed by atoms with Crippen molar-refractivity contribution in [1.29, 1.82) is 0 Å². The highest BCUT2D eigenvalue weighted by atomic mass is 16.6. The predicted octanol–water partition coefficient (Wildman–Crippen LogP) is 5.06. The van der Waals surface area contributed by atoms with E-state index in [4.69, 9.17) is 4.74 Å². The molecule has 2 aliphatic heterocycles. The highest BCUT2D eigenvalue weighted by Gasteiger charge is 2.52. The molecule has 5 rings (SSSR count). The number of carbonyl (C=O) groups is 1. The largest absolute Gasteiger partial charge is 0.413 e. The van der Waals surface area contributed by atoms with E-state index < -0.39 is 6.09 Å². The van der Waals surface area contributed by atoms with Crippen LogP contribution in [0.25, 0.3) is 10.8 Å². The Morgan fingerprint density at radius 3 is 2.74 bits per heavy atom. The monoisotopic (exact) mass is 415 g/mol. The van der Waals surface area contributed by atoms with Gasteiger partial charge in [0, 0.05) is 24.7 Å². The molecule has 0 aliphatic carbocycles. The normalized spacial score (nSPS) is 23.5. The Balaban J connectivity index is 1.35. The number of likely N-dealkylation sites (tertiary alicyclic amines) is 1. The fourth-order valence-electron chi connectivity index (χ4n) is 5.64. The van der Waals surface area contributed by atoms with Gasteiger partial charge in [0.15, 0.2) is 0 Å². The van der Waals surface area contributed by atoms with Crippen molar-refractivity contribution in [3.63, 3.8) is 0 Å². The highest BCUT2D eigenvalue weighted by Crippen LogP contribution is 2.51. The third-order valence-electron chi connectivity index (χ3n) is 7.14. The Bertz CT molecular complexity index is 1160. The summed E-state index contributed by atoms with van der Waals surface area (Å²) in [4.78, 5) is 17.4. The van der Waals surface area contributed by atoms with E-state index in [-0.39, 0.29) is 11.5 Å². The number of rotatable bonds is 3. The molecule has 1 N–H and O–H groups in total. The van der Waals surface area contributed by atoms with Gasteiger partial charge in [-0.1, -0.05) is 49.4 Å². The van der Waals surface area contributed by atoms with Crippen LogP contribution >= 0.6 is 0 Å². The number of likely N-dealkylation sites (N-methyl/N-ethyl adjacent to an activating group) is 2. The summed E-state index contributed by atoms with van der Waals surface area (Å²) in [5, 5.41) is 5.30. The molecule has 1 unspecified atom stereocenters. The van der Waals surface area contributed by atoms with Crippen LogP contribution in [0.5, 0.6) is 5.75 Å². The topological polar surface area (TPSA) is 44.8 Å². The third-order valence-corrected chi connectivity index (χ3v) is 7.14. The van der Waals surface area contributed by atoms with E-state index in [1.165, 1.54) is 11.3 Å². The van der Waals surface area contributed by atoms with Crippen LogP contribution in [0, 0.1) is 0 Å². The molecule has 3 aromatic rings. The van der Waals surface area contributed by atoms with Crippen LogP contribution in [-0.4, -0.2) is 37.8 Å². The van der Waals surface area contributed by atoms with Crippen molar-refractivity contribution in [3.8, 4) is 5.75 Å². The molecule has 5 nitrogen and oxygen atoms in total. The van der Waals surface area contributed by atoms with Gasteiger partial charge in [0.05, 0.1) is 12.2 Å². The van der Waals surface area contributed by atoms with Gasteiger partial charge >= 0.3 is 6.09 Å². The van der Waals surface area contributed by atoms with Gasteiger partial charge in [-0.2, -0.15) is 0 Å². The van der Waals surface area contributed by atoms with Gasteiger partial charge in [0.25, 0.3) is 0 Å². The molecular formula is C26H29N3O2. The Morgan fingerprint density at radius 1 is 1.13 bits per heavy atom. The van der Waals surface area contributed by atoms with Gasteiger partial charge in [-0.15, -0.1) is 0 Å². The molecular weight excluding hydrogens is 386 g/mol. The Hall–Kier alpha value is -3.05. The molecule has 2 aliphatic rings. The molecule has 3 atom stereocenters. The zero-order valence-electron chi connectivity index (χ0n) is 18.6. The van der Waals surface area contributed by atoms with Crippen LogP contribution in [0.15, 0.2) is 60.7 Å². The van der Waals surface area contributed by atoms with E-state index in [1.54, 1.807) is 0 Å². The third kappa shape index (κ3) is 3.15. The highest BCUT2D eigenvalue weighted by molar-refractivity contribution is 5.86. The fraction of sp³-hybridized carbons (Fsp3) is 0.346. The lowest BCUT2D eigenvalue weighted by molar-refractivity contribution is 0.197. The Kier molecular flexibility index (Phi) is 4.67. The van der Waals surface area contributed by atoms with Crippen molar-refractivity contribution in [3.05, 3.63) is 71.8 Å². The molecule has 0 spiro atoms. The first-order valence-corrected chi connectivity index (χ1v) is 10.9. The Labute approximate surface area is 183 Å². The number of nitrogens with one attached hydrogen (secondary N) is 1. The predicted molar refractivity (Wildman–Crippen MR) is 125 cm³/mol. The quantitative estimate of drug-likeness (QED) is 0.650. The van der Waals surface area contributed by atoms with Crippen molar-refractivity contribution in [2.45, 2.75) is 37.9 Å². The first kappa shape index (κ1) is 19.9. The minimum absolute atomic E-state index is 0.0466. The maximum Gasteiger partial charge on any atom is 0.413 e. The lowest BCUT2D eigenvalue weighted by Gasteiger charge is -2.32. The number of amides is 1. The second kappa shape index (κ2) is 7.27. The molecule has 0 saturated carbocycles. The molecule has 3 aromatic carbocycles. The van der Waals surface area contributed by atoms with Gasteiger partial charge in [-0.05, 0) is 60.5 Å². The zero-order chi connectivity index (χ0) is 21.8. The van der Waals surface area contributed by atoms with E-state index in [2.05, 4.69) is 66.5 Å². The molecule has 0 radical (unpaired) electrons.